The van der Waals surface area contributed by atoms with Crippen LogP contribution in [0.1, 0.15) is 18.7 Å². The predicted molar refractivity (Wildman–Crippen MR) is 53.9 cm³/mol. The van der Waals surface area contributed by atoms with Crippen molar-refractivity contribution in [2.24, 2.45) is 0 Å². The molecule has 0 unspecified atom stereocenters. The maximum absolute atomic E-state index is 4.39. The van der Waals surface area contributed by atoms with Crippen LogP contribution in [-0.2, 0) is 6.54 Å². The van der Waals surface area contributed by atoms with Crippen molar-refractivity contribution in [1.29, 1.82) is 0 Å². The first-order valence-corrected chi connectivity index (χ1v) is 5.25. The average molecular weight is 198 g/mol. The lowest BCUT2D eigenvalue weighted by Crippen LogP contribution is -2.11. The van der Waals surface area contributed by atoms with Gasteiger partial charge in [-0.05, 0) is 26.9 Å². The number of anilines is 1. The second-order valence-corrected chi connectivity index (χ2v) is 4.42. The topological polar surface area (TPSA) is 41.1 Å². The number of aromatic nitrogens is 2. The van der Waals surface area contributed by atoms with Crippen molar-refractivity contribution in [3.8, 4) is 0 Å². The van der Waals surface area contributed by atoms with Crippen LogP contribution in [-0.4, -0.2) is 34.4 Å². The Balaban J connectivity index is 1.91. The first-order valence-electron chi connectivity index (χ1n) is 4.48. The minimum absolute atomic E-state index is 0.667. The van der Waals surface area contributed by atoms with Crippen molar-refractivity contribution in [2.75, 3.05) is 19.4 Å². The van der Waals surface area contributed by atoms with Crippen molar-refractivity contribution in [3.05, 3.63) is 5.82 Å². The van der Waals surface area contributed by atoms with Gasteiger partial charge in [0.1, 0.15) is 0 Å². The van der Waals surface area contributed by atoms with Crippen LogP contribution in [0.2, 0.25) is 0 Å². The molecule has 0 spiro atoms. The average Bonchev–Trinajstić information content (AvgIpc) is 2.73. The predicted octanol–water partition coefficient (Wildman–Crippen LogP) is 1.17. The van der Waals surface area contributed by atoms with E-state index in [1.54, 1.807) is 0 Å². The van der Waals surface area contributed by atoms with Crippen LogP contribution in [0.25, 0.3) is 0 Å². The van der Waals surface area contributed by atoms with Gasteiger partial charge in [0.25, 0.3) is 0 Å². The van der Waals surface area contributed by atoms with Gasteiger partial charge in [-0.15, -0.1) is 0 Å². The molecular formula is C8H14N4S. The van der Waals surface area contributed by atoms with Crippen LogP contribution in [0.4, 0.5) is 5.13 Å². The minimum atomic E-state index is 0.667. The van der Waals surface area contributed by atoms with Gasteiger partial charge < -0.3 is 10.2 Å². The van der Waals surface area contributed by atoms with Crippen molar-refractivity contribution in [1.82, 2.24) is 14.3 Å². The molecule has 1 N–H and O–H groups in total. The Bertz CT molecular complexity index is 261. The molecule has 1 aliphatic rings. The molecule has 5 heteroatoms. The van der Waals surface area contributed by atoms with Crippen LogP contribution >= 0.6 is 11.5 Å². The molecule has 1 aromatic rings. The zero-order chi connectivity index (χ0) is 9.26. The third-order valence-electron chi connectivity index (χ3n) is 1.83. The molecule has 0 aromatic carbocycles. The Morgan fingerprint density at radius 2 is 2.31 bits per heavy atom. The summed E-state index contributed by atoms with van der Waals surface area (Å²) in [6.07, 6.45) is 2.56. The summed E-state index contributed by atoms with van der Waals surface area (Å²) in [6, 6.07) is 0.667. The first kappa shape index (κ1) is 8.90. The first-order chi connectivity index (χ1) is 6.24. The van der Waals surface area contributed by atoms with Gasteiger partial charge in [-0.3, -0.25) is 0 Å². The fourth-order valence-electron chi connectivity index (χ4n) is 1.06. The highest BCUT2D eigenvalue weighted by Crippen LogP contribution is 2.25. The number of nitrogens with one attached hydrogen (secondary N) is 1. The second-order valence-electron chi connectivity index (χ2n) is 3.67. The van der Waals surface area contributed by atoms with Crippen LogP contribution in [0.5, 0.6) is 0 Å². The van der Waals surface area contributed by atoms with Gasteiger partial charge in [0, 0.05) is 17.6 Å². The molecule has 1 heterocycles. The lowest BCUT2D eigenvalue weighted by atomic mass is 10.6. The molecule has 0 aliphatic heterocycles. The third-order valence-corrected chi connectivity index (χ3v) is 2.51. The Morgan fingerprint density at radius 3 is 2.92 bits per heavy atom. The van der Waals surface area contributed by atoms with Gasteiger partial charge in [-0.25, -0.2) is 4.98 Å². The highest BCUT2D eigenvalue weighted by Gasteiger charge is 2.22. The molecule has 0 amide bonds. The van der Waals surface area contributed by atoms with Gasteiger partial charge in [0.2, 0.25) is 5.13 Å². The maximum Gasteiger partial charge on any atom is 0.202 e. The van der Waals surface area contributed by atoms with E-state index < -0.39 is 0 Å². The van der Waals surface area contributed by atoms with E-state index in [1.165, 1.54) is 24.4 Å². The summed E-state index contributed by atoms with van der Waals surface area (Å²) >= 11 is 1.46. The zero-order valence-electron chi connectivity index (χ0n) is 7.95. The Hall–Kier alpha value is -0.680. The van der Waals surface area contributed by atoms with E-state index in [-0.39, 0.29) is 0 Å². The zero-order valence-corrected chi connectivity index (χ0v) is 8.77. The highest BCUT2D eigenvalue weighted by molar-refractivity contribution is 7.09. The van der Waals surface area contributed by atoms with Gasteiger partial charge in [0.15, 0.2) is 5.82 Å². The molecule has 0 saturated heterocycles. The summed E-state index contributed by atoms with van der Waals surface area (Å²) in [5.41, 5.74) is 0. The van der Waals surface area contributed by atoms with Gasteiger partial charge >= 0.3 is 0 Å². The Morgan fingerprint density at radius 1 is 1.54 bits per heavy atom. The quantitative estimate of drug-likeness (QED) is 0.788. The van der Waals surface area contributed by atoms with Crippen LogP contribution in [0, 0.1) is 0 Å². The molecule has 72 valence electrons. The normalized spacial score (nSPS) is 16.5. The lowest BCUT2D eigenvalue weighted by Gasteiger charge is -2.04. The lowest BCUT2D eigenvalue weighted by molar-refractivity contribution is 0.393. The molecule has 0 bridgehead atoms. The summed E-state index contributed by atoms with van der Waals surface area (Å²) < 4.78 is 4.26. The molecule has 13 heavy (non-hydrogen) atoms. The molecule has 1 saturated carbocycles. The molecule has 0 atom stereocenters. The summed E-state index contributed by atoms with van der Waals surface area (Å²) in [5.74, 6) is 0.915. The number of nitrogens with zero attached hydrogens (tertiary/aromatic N) is 3. The molecule has 0 radical (unpaired) electrons. The molecule has 4 nitrogen and oxygen atoms in total. The Labute approximate surface area is 82.1 Å². The number of hydrogen-bond acceptors (Lipinski definition) is 5. The molecule has 1 aliphatic carbocycles. The maximum atomic E-state index is 4.39. The van der Waals surface area contributed by atoms with Crippen LogP contribution in [0.15, 0.2) is 0 Å². The third kappa shape index (κ3) is 2.63. The van der Waals surface area contributed by atoms with E-state index in [2.05, 4.69) is 19.6 Å². The summed E-state index contributed by atoms with van der Waals surface area (Å²) in [7, 11) is 4.05. The van der Waals surface area contributed by atoms with Gasteiger partial charge in [-0.2, -0.15) is 4.37 Å². The molecule has 2 rings (SSSR count). The smallest absolute Gasteiger partial charge is 0.202 e. The van der Waals surface area contributed by atoms with Crippen molar-refractivity contribution < 1.29 is 0 Å². The highest BCUT2D eigenvalue weighted by atomic mass is 32.1. The molecular weight excluding hydrogens is 184 g/mol. The molecule has 1 fully saturated rings. The van der Waals surface area contributed by atoms with E-state index in [0.29, 0.717) is 6.04 Å². The second kappa shape index (κ2) is 3.59. The number of hydrogen-bond donors (Lipinski definition) is 1. The van der Waals surface area contributed by atoms with E-state index in [0.717, 1.165) is 17.5 Å². The monoisotopic (exact) mass is 198 g/mol. The fraction of sp³-hybridized carbons (Fsp3) is 0.750. The fourth-order valence-corrected chi connectivity index (χ4v) is 1.72. The van der Waals surface area contributed by atoms with Crippen LogP contribution in [0.3, 0.4) is 0 Å². The van der Waals surface area contributed by atoms with E-state index in [9.17, 15) is 0 Å². The number of rotatable bonds is 4. The summed E-state index contributed by atoms with van der Waals surface area (Å²) in [5, 5.41) is 4.31. The van der Waals surface area contributed by atoms with E-state index in [4.69, 9.17) is 0 Å². The standard InChI is InChI=1S/C8H14N4S/c1-12(2)5-7-10-8(13-11-7)9-6-3-4-6/h6H,3-5H2,1-2H3,(H,9,10,11). The van der Waals surface area contributed by atoms with Gasteiger partial charge in [-0.1, -0.05) is 0 Å². The largest absolute Gasteiger partial charge is 0.358 e. The molecule has 1 aromatic heterocycles. The van der Waals surface area contributed by atoms with Crippen LogP contribution < -0.4 is 5.32 Å². The van der Waals surface area contributed by atoms with Crippen molar-refractivity contribution in [3.63, 3.8) is 0 Å². The SMILES string of the molecule is CN(C)Cc1nsc(NC2CC2)n1. The summed E-state index contributed by atoms with van der Waals surface area (Å²) in [4.78, 5) is 6.46. The van der Waals surface area contributed by atoms with Crippen molar-refractivity contribution in [2.45, 2.75) is 25.4 Å². The summed E-state index contributed by atoms with van der Waals surface area (Å²) in [6.45, 7) is 0.822. The van der Waals surface area contributed by atoms with Gasteiger partial charge in [0.05, 0.1) is 6.54 Å². The Kier molecular flexibility index (Phi) is 2.46. The van der Waals surface area contributed by atoms with E-state index >= 15 is 0 Å². The van der Waals surface area contributed by atoms with E-state index in [1.807, 2.05) is 14.1 Å². The minimum Gasteiger partial charge on any atom is -0.358 e. The van der Waals surface area contributed by atoms with Crippen molar-refractivity contribution >= 4 is 16.7 Å².